The number of nitrogens with one attached hydrogen (secondary N) is 1. The lowest BCUT2D eigenvalue weighted by atomic mass is 10.00. The van der Waals surface area contributed by atoms with E-state index < -0.39 is 12.1 Å². The summed E-state index contributed by atoms with van der Waals surface area (Å²) in [6, 6.07) is -0.553. The molecule has 0 heterocycles. The van der Waals surface area contributed by atoms with Crippen LogP contribution < -0.4 is 5.32 Å². The van der Waals surface area contributed by atoms with Crippen molar-refractivity contribution in [2.45, 2.75) is 19.9 Å². The predicted molar refractivity (Wildman–Crippen MR) is 51.0 cm³/mol. The molecule has 0 radical (unpaired) electrons. The molecule has 2 atom stereocenters. The van der Waals surface area contributed by atoms with Crippen molar-refractivity contribution < 1.29 is 19.1 Å². The number of carbonyl (C=O) groups is 2. The number of rotatable bonds is 5. The van der Waals surface area contributed by atoms with E-state index in [0.29, 0.717) is 6.61 Å². The largest absolute Gasteiger partial charge is 0.453 e. The fourth-order valence-electron chi connectivity index (χ4n) is 1.19. The van der Waals surface area contributed by atoms with E-state index in [-0.39, 0.29) is 11.7 Å². The molecule has 0 saturated carbocycles. The number of hydrogen-bond acceptors (Lipinski definition) is 4. The molecule has 14 heavy (non-hydrogen) atoms. The van der Waals surface area contributed by atoms with Crippen LogP contribution >= 0.6 is 0 Å². The van der Waals surface area contributed by atoms with Crippen molar-refractivity contribution in [3.8, 4) is 0 Å². The molecule has 0 aliphatic rings. The van der Waals surface area contributed by atoms with E-state index in [1.54, 1.807) is 7.11 Å². The number of amides is 1. The molecule has 0 spiro atoms. The van der Waals surface area contributed by atoms with E-state index >= 15 is 0 Å². The monoisotopic (exact) mass is 203 g/mol. The van der Waals surface area contributed by atoms with Gasteiger partial charge in [0.05, 0.1) is 19.8 Å². The summed E-state index contributed by atoms with van der Waals surface area (Å²) in [7, 11) is 2.80. The van der Waals surface area contributed by atoms with E-state index in [1.807, 2.05) is 6.92 Å². The van der Waals surface area contributed by atoms with Crippen LogP contribution in [0.2, 0.25) is 0 Å². The average molecular weight is 203 g/mol. The maximum atomic E-state index is 11.2. The van der Waals surface area contributed by atoms with Crippen LogP contribution in [0.5, 0.6) is 0 Å². The Hall–Kier alpha value is -1.10. The number of carbonyl (C=O) groups excluding carboxylic acids is 2. The predicted octanol–water partition coefficient (Wildman–Crippen LogP) is 0.583. The van der Waals surface area contributed by atoms with Gasteiger partial charge in [0.25, 0.3) is 0 Å². The van der Waals surface area contributed by atoms with Gasteiger partial charge in [-0.15, -0.1) is 0 Å². The molecule has 1 amide bonds. The zero-order valence-electron chi connectivity index (χ0n) is 8.99. The van der Waals surface area contributed by atoms with Gasteiger partial charge in [-0.2, -0.15) is 0 Å². The van der Waals surface area contributed by atoms with Gasteiger partial charge in [-0.05, 0) is 6.92 Å². The minimum atomic E-state index is -0.604. The Morgan fingerprint density at radius 3 is 2.29 bits per heavy atom. The third-order valence-electron chi connectivity index (χ3n) is 1.90. The van der Waals surface area contributed by atoms with Crippen LogP contribution in [0, 0.1) is 5.92 Å². The van der Waals surface area contributed by atoms with Gasteiger partial charge in [0.1, 0.15) is 0 Å². The van der Waals surface area contributed by atoms with Crippen molar-refractivity contribution in [3.05, 3.63) is 0 Å². The lowest BCUT2D eigenvalue weighted by Crippen LogP contribution is -2.45. The quantitative estimate of drug-likeness (QED) is 0.710. The molecule has 82 valence electrons. The van der Waals surface area contributed by atoms with Gasteiger partial charge in [0.2, 0.25) is 0 Å². The summed E-state index contributed by atoms with van der Waals surface area (Å²) < 4.78 is 9.32. The zero-order chi connectivity index (χ0) is 11.1. The minimum absolute atomic E-state index is 0.0726. The fraction of sp³-hybridized carbons (Fsp3) is 0.778. The number of Topliss-reactive ketones (excluding diaryl/α,β-unsaturated/α-hetero) is 1. The summed E-state index contributed by atoms with van der Waals surface area (Å²) >= 11 is 0. The summed E-state index contributed by atoms with van der Waals surface area (Å²) in [4.78, 5) is 22.1. The van der Waals surface area contributed by atoms with Crippen molar-refractivity contribution in [2.75, 3.05) is 20.8 Å². The normalized spacial score (nSPS) is 14.3. The third-order valence-corrected chi connectivity index (χ3v) is 1.90. The van der Waals surface area contributed by atoms with Crippen LogP contribution in [0.15, 0.2) is 0 Å². The summed E-state index contributed by atoms with van der Waals surface area (Å²) in [5.41, 5.74) is 0. The van der Waals surface area contributed by atoms with Gasteiger partial charge in [0.15, 0.2) is 5.78 Å². The Balaban J connectivity index is 4.28. The molecule has 5 nitrogen and oxygen atoms in total. The number of methoxy groups -OCH3 is 2. The van der Waals surface area contributed by atoms with Crippen LogP contribution in [0.25, 0.3) is 0 Å². The molecule has 0 aliphatic carbocycles. The number of ketones is 1. The first-order valence-electron chi connectivity index (χ1n) is 4.36. The number of alkyl carbamates (subject to hydrolysis) is 1. The summed E-state index contributed by atoms with van der Waals surface area (Å²) in [5, 5.41) is 2.46. The molecular weight excluding hydrogens is 186 g/mol. The molecule has 0 rings (SSSR count). The summed E-state index contributed by atoms with van der Waals surface area (Å²) in [5.74, 6) is -0.184. The van der Waals surface area contributed by atoms with Gasteiger partial charge in [-0.25, -0.2) is 4.79 Å². The van der Waals surface area contributed by atoms with Crippen molar-refractivity contribution >= 4 is 11.9 Å². The third kappa shape index (κ3) is 4.23. The number of hydrogen-bond donors (Lipinski definition) is 1. The molecule has 0 bridgehead atoms. The first-order valence-corrected chi connectivity index (χ1v) is 4.36. The Bertz CT molecular complexity index is 205. The minimum Gasteiger partial charge on any atom is -0.453 e. The van der Waals surface area contributed by atoms with Crippen molar-refractivity contribution in [3.63, 3.8) is 0 Å². The molecule has 0 aromatic carbocycles. The Morgan fingerprint density at radius 2 is 1.93 bits per heavy atom. The van der Waals surface area contributed by atoms with E-state index in [2.05, 4.69) is 10.1 Å². The Morgan fingerprint density at radius 1 is 1.36 bits per heavy atom. The smallest absolute Gasteiger partial charge is 0.407 e. The highest BCUT2D eigenvalue weighted by molar-refractivity contribution is 5.85. The molecule has 0 fully saturated rings. The fourth-order valence-corrected chi connectivity index (χ4v) is 1.19. The van der Waals surface area contributed by atoms with Gasteiger partial charge in [-0.1, -0.05) is 6.92 Å². The van der Waals surface area contributed by atoms with E-state index in [9.17, 15) is 9.59 Å². The van der Waals surface area contributed by atoms with Gasteiger partial charge < -0.3 is 14.8 Å². The molecule has 1 unspecified atom stereocenters. The SMILES string of the molecule is COCC(C)[C@H](NC(=O)OC)C(C)=O. The van der Waals surface area contributed by atoms with Crippen LogP contribution in [0.3, 0.4) is 0 Å². The average Bonchev–Trinajstić information content (AvgIpc) is 2.13. The lowest BCUT2D eigenvalue weighted by Gasteiger charge is -2.21. The van der Waals surface area contributed by atoms with Crippen LogP contribution in [-0.4, -0.2) is 38.7 Å². The molecule has 1 N–H and O–H groups in total. The second kappa shape index (κ2) is 6.37. The first kappa shape index (κ1) is 12.9. The topological polar surface area (TPSA) is 64.6 Å². The summed E-state index contributed by atoms with van der Waals surface area (Å²) in [6.07, 6.45) is -0.604. The molecule has 0 saturated heterocycles. The Kier molecular flexibility index (Phi) is 5.87. The first-order chi connectivity index (χ1) is 6.52. The van der Waals surface area contributed by atoms with Crippen LogP contribution in [-0.2, 0) is 14.3 Å². The highest BCUT2D eigenvalue weighted by Gasteiger charge is 2.23. The van der Waals surface area contributed by atoms with Gasteiger partial charge in [-0.3, -0.25) is 4.79 Å². The second-order valence-corrected chi connectivity index (χ2v) is 3.16. The van der Waals surface area contributed by atoms with Crippen molar-refractivity contribution in [1.82, 2.24) is 5.32 Å². The summed E-state index contributed by atoms with van der Waals surface area (Å²) in [6.45, 7) is 3.66. The molecule has 0 aliphatic heterocycles. The molecule has 5 heteroatoms. The Labute approximate surface area is 83.8 Å². The number of ether oxygens (including phenoxy) is 2. The maximum Gasteiger partial charge on any atom is 0.407 e. The van der Waals surface area contributed by atoms with Gasteiger partial charge >= 0.3 is 6.09 Å². The van der Waals surface area contributed by atoms with Gasteiger partial charge in [0, 0.05) is 13.0 Å². The molecule has 0 aromatic heterocycles. The van der Waals surface area contributed by atoms with Crippen LogP contribution in [0.4, 0.5) is 4.79 Å². The van der Waals surface area contributed by atoms with E-state index in [0.717, 1.165) is 0 Å². The standard InChI is InChI=1S/C9H17NO4/c1-6(5-13-3)8(7(2)11)10-9(12)14-4/h6,8H,5H2,1-4H3,(H,10,12)/t6?,8-/m0/s1. The highest BCUT2D eigenvalue weighted by atomic mass is 16.5. The van der Waals surface area contributed by atoms with E-state index in [4.69, 9.17) is 4.74 Å². The zero-order valence-corrected chi connectivity index (χ0v) is 8.99. The van der Waals surface area contributed by atoms with Crippen molar-refractivity contribution in [1.29, 1.82) is 0 Å². The maximum absolute atomic E-state index is 11.2. The van der Waals surface area contributed by atoms with Crippen LogP contribution in [0.1, 0.15) is 13.8 Å². The van der Waals surface area contributed by atoms with Crippen molar-refractivity contribution in [2.24, 2.45) is 5.92 Å². The van der Waals surface area contributed by atoms with E-state index in [1.165, 1.54) is 14.0 Å². The second-order valence-electron chi connectivity index (χ2n) is 3.16. The molecule has 0 aromatic rings. The highest BCUT2D eigenvalue weighted by Crippen LogP contribution is 2.05. The lowest BCUT2D eigenvalue weighted by molar-refractivity contribution is -0.120. The molecular formula is C9H17NO4.